The number of ether oxygens (including phenoxy) is 2. The standard InChI is InChI=1S/C21H20FNO4/c1-26-17-9-3-13(4-10-17)18-11-16(12-19(24)20(18)21(25)27-2)23-15-7-5-14(22)6-8-15/h3-10,12,18,20,23H,11H2,1-2H3/t18-,20-/m1/s1. The van der Waals surface area contributed by atoms with Gasteiger partial charge in [0.25, 0.3) is 0 Å². The highest BCUT2D eigenvalue weighted by molar-refractivity contribution is 6.07. The van der Waals surface area contributed by atoms with Crippen LogP contribution in [0.15, 0.2) is 60.3 Å². The lowest BCUT2D eigenvalue weighted by molar-refractivity contribution is -0.149. The molecular formula is C21H20FNO4. The fourth-order valence-corrected chi connectivity index (χ4v) is 3.25. The van der Waals surface area contributed by atoms with Gasteiger partial charge in [-0.05, 0) is 48.4 Å². The smallest absolute Gasteiger partial charge is 0.317 e. The van der Waals surface area contributed by atoms with Gasteiger partial charge in [-0.15, -0.1) is 0 Å². The summed E-state index contributed by atoms with van der Waals surface area (Å²) >= 11 is 0. The minimum atomic E-state index is -0.901. The van der Waals surface area contributed by atoms with Gasteiger partial charge in [0.05, 0.1) is 14.2 Å². The van der Waals surface area contributed by atoms with Crippen LogP contribution >= 0.6 is 0 Å². The number of anilines is 1. The molecule has 2 aromatic rings. The van der Waals surface area contributed by atoms with Crippen molar-refractivity contribution in [1.29, 1.82) is 0 Å². The van der Waals surface area contributed by atoms with Crippen molar-refractivity contribution in [2.75, 3.05) is 19.5 Å². The van der Waals surface area contributed by atoms with E-state index in [1.54, 1.807) is 31.4 Å². The lowest BCUT2D eigenvalue weighted by atomic mass is 9.76. The van der Waals surface area contributed by atoms with Crippen LogP contribution in [0.25, 0.3) is 0 Å². The van der Waals surface area contributed by atoms with Crippen molar-refractivity contribution in [2.45, 2.75) is 12.3 Å². The van der Waals surface area contributed by atoms with Crippen LogP contribution in [0.1, 0.15) is 17.9 Å². The SMILES string of the molecule is COC(=O)[C@H]1C(=O)C=C(Nc2ccc(F)cc2)C[C@@H]1c1ccc(OC)cc1. The van der Waals surface area contributed by atoms with E-state index in [1.165, 1.54) is 25.3 Å². The average Bonchev–Trinajstić information content (AvgIpc) is 2.69. The molecule has 0 saturated carbocycles. The van der Waals surface area contributed by atoms with Crippen molar-refractivity contribution in [3.05, 3.63) is 71.7 Å². The molecule has 140 valence electrons. The van der Waals surface area contributed by atoms with Gasteiger partial charge in [0.15, 0.2) is 5.78 Å². The zero-order chi connectivity index (χ0) is 19.4. The molecule has 5 nitrogen and oxygen atoms in total. The number of hydrogen-bond acceptors (Lipinski definition) is 5. The van der Waals surface area contributed by atoms with E-state index in [-0.39, 0.29) is 17.5 Å². The first-order valence-corrected chi connectivity index (χ1v) is 8.50. The zero-order valence-electron chi connectivity index (χ0n) is 15.1. The Morgan fingerprint density at radius 2 is 1.74 bits per heavy atom. The van der Waals surface area contributed by atoms with Gasteiger partial charge in [0, 0.05) is 23.4 Å². The second-order valence-corrected chi connectivity index (χ2v) is 6.29. The van der Waals surface area contributed by atoms with Crippen LogP contribution in [0, 0.1) is 11.7 Å². The lowest BCUT2D eigenvalue weighted by Gasteiger charge is -2.29. The molecule has 2 atom stereocenters. The van der Waals surface area contributed by atoms with Gasteiger partial charge in [-0.1, -0.05) is 12.1 Å². The first-order chi connectivity index (χ1) is 13.0. The summed E-state index contributed by atoms with van der Waals surface area (Å²) in [5.74, 6) is -1.80. The van der Waals surface area contributed by atoms with Crippen molar-refractivity contribution in [3.8, 4) is 5.75 Å². The molecule has 0 fully saturated rings. The molecule has 27 heavy (non-hydrogen) atoms. The number of benzene rings is 2. The first kappa shape index (κ1) is 18.6. The molecule has 1 aliphatic rings. The van der Waals surface area contributed by atoms with E-state index in [9.17, 15) is 14.0 Å². The van der Waals surface area contributed by atoms with Crippen LogP contribution in [-0.2, 0) is 14.3 Å². The molecule has 0 heterocycles. The van der Waals surface area contributed by atoms with Gasteiger partial charge in [-0.3, -0.25) is 9.59 Å². The lowest BCUT2D eigenvalue weighted by Crippen LogP contribution is -2.34. The number of ketones is 1. The monoisotopic (exact) mass is 369 g/mol. The molecule has 0 spiro atoms. The first-order valence-electron chi connectivity index (χ1n) is 8.50. The summed E-state index contributed by atoms with van der Waals surface area (Å²) in [6, 6.07) is 13.1. The summed E-state index contributed by atoms with van der Waals surface area (Å²) in [6.07, 6.45) is 1.86. The summed E-state index contributed by atoms with van der Waals surface area (Å²) in [5, 5.41) is 3.14. The molecule has 0 aromatic heterocycles. The Labute approximate surface area is 156 Å². The van der Waals surface area contributed by atoms with Crippen molar-refractivity contribution in [2.24, 2.45) is 5.92 Å². The van der Waals surface area contributed by atoms with E-state index in [0.717, 1.165) is 5.56 Å². The maximum atomic E-state index is 13.1. The number of allylic oxidation sites excluding steroid dienone is 2. The molecule has 0 aliphatic heterocycles. The third-order valence-corrected chi connectivity index (χ3v) is 4.61. The Hall–Kier alpha value is -3.15. The molecule has 3 rings (SSSR count). The molecule has 2 aromatic carbocycles. The van der Waals surface area contributed by atoms with E-state index in [1.807, 2.05) is 12.1 Å². The van der Waals surface area contributed by atoms with Crippen LogP contribution < -0.4 is 10.1 Å². The maximum Gasteiger partial charge on any atom is 0.317 e. The third-order valence-electron chi connectivity index (χ3n) is 4.61. The highest BCUT2D eigenvalue weighted by Crippen LogP contribution is 2.37. The quantitative estimate of drug-likeness (QED) is 0.643. The normalized spacial score (nSPS) is 19.2. The Morgan fingerprint density at radius 3 is 2.33 bits per heavy atom. The Balaban J connectivity index is 1.90. The van der Waals surface area contributed by atoms with Crippen LogP contribution in [0.5, 0.6) is 5.75 Å². The van der Waals surface area contributed by atoms with Crippen LogP contribution in [-0.4, -0.2) is 26.0 Å². The molecular weight excluding hydrogens is 349 g/mol. The second kappa shape index (κ2) is 8.03. The molecule has 0 saturated heterocycles. The van der Waals surface area contributed by atoms with E-state index in [0.29, 0.717) is 23.6 Å². The molecule has 0 amide bonds. The summed E-state index contributed by atoms with van der Waals surface area (Å²) in [7, 11) is 2.85. The Morgan fingerprint density at radius 1 is 1.07 bits per heavy atom. The van der Waals surface area contributed by atoms with E-state index in [4.69, 9.17) is 9.47 Å². The molecule has 0 radical (unpaired) electrons. The number of rotatable bonds is 5. The minimum absolute atomic E-state index is 0.321. The second-order valence-electron chi connectivity index (χ2n) is 6.29. The van der Waals surface area contributed by atoms with Crippen LogP contribution in [0.3, 0.4) is 0 Å². The molecule has 6 heteroatoms. The fourth-order valence-electron chi connectivity index (χ4n) is 3.25. The van der Waals surface area contributed by atoms with Gasteiger partial charge >= 0.3 is 5.97 Å². The average molecular weight is 369 g/mol. The van der Waals surface area contributed by atoms with Crippen LogP contribution in [0.4, 0.5) is 10.1 Å². The van der Waals surface area contributed by atoms with Crippen LogP contribution in [0.2, 0.25) is 0 Å². The van der Waals surface area contributed by atoms with E-state index in [2.05, 4.69) is 5.32 Å². The number of esters is 1. The minimum Gasteiger partial charge on any atom is -0.497 e. The largest absolute Gasteiger partial charge is 0.497 e. The highest BCUT2D eigenvalue weighted by atomic mass is 19.1. The van der Waals surface area contributed by atoms with Crippen molar-refractivity contribution >= 4 is 17.4 Å². The molecule has 0 unspecified atom stereocenters. The number of nitrogens with one attached hydrogen (secondary N) is 1. The Kier molecular flexibility index (Phi) is 5.54. The summed E-state index contributed by atoms with van der Waals surface area (Å²) < 4.78 is 23.1. The predicted molar refractivity (Wildman–Crippen MR) is 99.0 cm³/mol. The number of carbonyl (C=O) groups is 2. The fraction of sp³-hybridized carbons (Fsp3) is 0.238. The number of halogens is 1. The van der Waals surface area contributed by atoms with E-state index >= 15 is 0 Å². The third kappa shape index (κ3) is 4.16. The topological polar surface area (TPSA) is 64.6 Å². The summed E-state index contributed by atoms with van der Waals surface area (Å²) in [6.45, 7) is 0. The number of carbonyl (C=O) groups excluding carboxylic acids is 2. The number of methoxy groups -OCH3 is 2. The predicted octanol–water partition coefficient (Wildman–Crippen LogP) is 3.68. The molecule has 0 bridgehead atoms. The Bertz CT molecular complexity index is 859. The highest BCUT2D eigenvalue weighted by Gasteiger charge is 2.39. The molecule has 1 N–H and O–H groups in total. The van der Waals surface area contributed by atoms with Crippen molar-refractivity contribution in [3.63, 3.8) is 0 Å². The number of hydrogen-bond donors (Lipinski definition) is 1. The van der Waals surface area contributed by atoms with Gasteiger partial charge in [-0.2, -0.15) is 0 Å². The van der Waals surface area contributed by atoms with Crippen molar-refractivity contribution < 1.29 is 23.5 Å². The van der Waals surface area contributed by atoms with Gasteiger partial charge in [0.2, 0.25) is 0 Å². The van der Waals surface area contributed by atoms with Crippen molar-refractivity contribution in [1.82, 2.24) is 0 Å². The summed E-state index contributed by atoms with van der Waals surface area (Å²) in [4.78, 5) is 24.9. The summed E-state index contributed by atoms with van der Waals surface area (Å²) in [5.41, 5.74) is 2.17. The zero-order valence-corrected chi connectivity index (χ0v) is 15.1. The van der Waals surface area contributed by atoms with Gasteiger partial charge in [0.1, 0.15) is 17.5 Å². The van der Waals surface area contributed by atoms with Gasteiger partial charge < -0.3 is 14.8 Å². The van der Waals surface area contributed by atoms with E-state index < -0.39 is 11.9 Å². The van der Waals surface area contributed by atoms with Gasteiger partial charge in [-0.25, -0.2) is 4.39 Å². The molecule has 1 aliphatic carbocycles. The maximum absolute atomic E-state index is 13.1.